The smallest absolute Gasteiger partial charge is 0.269 e. The molecule has 31 heavy (non-hydrogen) atoms. The molecule has 0 saturated carbocycles. The van der Waals surface area contributed by atoms with Crippen molar-refractivity contribution in [2.24, 2.45) is 0 Å². The number of nitro groups is 1. The van der Waals surface area contributed by atoms with E-state index in [2.05, 4.69) is 19.8 Å². The molecule has 2 aliphatic rings. The minimum absolute atomic E-state index is 0.0413. The van der Waals surface area contributed by atoms with E-state index in [1.807, 2.05) is 4.90 Å². The molecule has 0 atom stereocenters. The second-order valence-corrected chi connectivity index (χ2v) is 8.79. The van der Waals surface area contributed by atoms with Gasteiger partial charge in [-0.1, -0.05) is 23.4 Å². The monoisotopic (exact) mass is 462 g/mol. The number of nitrogens with zero attached hydrogens (tertiary/aromatic N) is 6. The summed E-state index contributed by atoms with van der Waals surface area (Å²) in [5.74, 6) is 1.13. The maximum Gasteiger partial charge on any atom is 0.269 e. The molecule has 2 aliphatic heterocycles. The van der Waals surface area contributed by atoms with Crippen LogP contribution < -0.4 is 9.80 Å². The van der Waals surface area contributed by atoms with Gasteiger partial charge in [-0.2, -0.15) is 0 Å². The average molecular weight is 463 g/mol. The highest BCUT2D eigenvalue weighted by molar-refractivity contribution is 7.99. The summed E-state index contributed by atoms with van der Waals surface area (Å²) in [5, 5.41) is 11.7. The van der Waals surface area contributed by atoms with Gasteiger partial charge in [-0.15, -0.1) is 0 Å². The number of carbonyl (C=O) groups excluding carboxylic acids is 1. The van der Waals surface area contributed by atoms with E-state index < -0.39 is 4.92 Å². The molecule has 11 heteroatoms. The lowest BCUT2D eigenvalue weighted by Gasteiger charge is -2.36. The number of anilines is 2. The fourth-order valence-corrected chi connectivity index (χ4v) is 4.76. The molecule has 9 nitrogen and oxygen atoms in total. The molecule has 0 aliphatic carbocycles. The summed E-state index contributed by atoms with van der Waals surface area (Å²) in [4.78, 5) is 38.0. The molecule has 2 fully saturated rings. The predicted octanol–water partition coefficient (Wildman–Crippen LogP) is 3.08. The van der Waals surface area contributed by atoms with Gasteiger partial charge in [-0.05, 0) is 25.0 Å². The van der Waals surface area contributed by atoms with Gasteiger partial charge in [0.25, 0.3) is 5.69 Å². The van der Waals surface area contributed by atoms with E-state index in [1.54, 1.807) is 18.2 Å². The fourth-order valence-electron chi connectivity index (χ4n) is 3.78. The zero-order valence-corrected chi connectivity index (χ0v) is 18.5. The van der Waals surface area contributed by atoms with Crippen molar-refractivity contribution < 1.29 is 9.72 Å². The molecular weight excluding hydrogens is 440 g/mol. The number of rotatable bonds is 6. The standard InChI is InChI=1S/C20H23ClN6O3S/c21-17-13-18(25-7-1-2-8-25)23-20(22-17)31-14-19(28)26-11-9-24(10-12-26)15-3-5-16(6-4-15)27(29)30/h3-6,13H,1-2,7-12,14H2. The summed E-state index contributed by atoms with van der Waals surface area (Å²) in [6.45, 7) is 4.50. The Balaban J connectivity index is 1.29. The highest BCUT2D eigenvalue weighted by Gasteiger charge is 2.22. The second-order valence-electron chi connectivity index (χ2n) is 7.46. The van der Waals surface area contributed by atoms with Gasteiger partial charge in [0.2, 0.25) is 5.91 Å². The van der Waals surface area contributed by atoms with Crippen molar-refractivity contribution in [3.8, 4) is 0 Å². The Morgan fingerprint density at radius 2 is 1.71 bits per heavy atom. The molecule has 2 saturated heterocycles. The highest BCUT2D eigenvalue weighted by atomic mass is 35.5. The van der Waals surface area contributed by atoms with Gasteiger partial charge in [0.15, 0.2) is 5.16 Å². The van der Waals surface area contributed by atoms with E-state index in [-0.39, 0.29) is 17.3 Å². The molecule has 3 heterocycles. The number of hydrogen-bond acceptors (Lipinski definition) is 8. The Hall–Kier alpha value is -2.59. The van der Waals surface area contributed by atoms with Crippen LogP contribution in [0.3, 0.4) is 0 Å². The minimum atomic E-state index is -0.407. The summed E-state index contributed by atoms with van der Waals surface area (Å²) in [6.07, 6.45) is 2.29. The Morgan fingerprint density at radius 1 is 1.03 bits per heavy atom. The molecular formula is C20H23ClN6O3S. The number of halogens is 1. The lowest BCUT2D eigenvalue weighted by Crippen LogP contribution is -2.49. The van der Waals surface area contributed by atoms with Crippen LogP contribution in [0.15, 0.2) is 35.5 Å². The van der Waals surface area contributed by atoms with Crippen LogP contribution in [-0.4, -0.2) is 70.7 Å². The average Bonchev–Trinajstić information content (AvgIpc) is 3.32. The van der Waals surface area contributed by atoms with Crippen LogP contribution >= 0.6 is 23.4 Å². The first-order valence-corrected chi connectivity index (χ1v) is 11.6. The van der Waals surface area contributed by atoms with Gasteiger partial charge in [0.05, 0.1) is 10.7 Å². The molecule has 4 rings (SSSR count). The third kappa shape index (κ3) is 5.37. The molecule has 164 valence electrons. The first kappa shape index (κ1) is 21.6. The largest absolute Gasteiger partial charge is 0.368 e. The number of piperazine rings is 1. The Labute approximate surface area is 189 Å². The van der Waals surface area contributed by atoms with Gasteiger partial charge in [-0.3, -0.25) is 14.9 Å². The molecule has 0 N–H and O–H groups in total. The molecule has 0 radical (unpaired) electrons. The molecule has 0 unspecified atom stereocenters. The number of benzene rings is 1. The Morgan fingerprint density at radius 3 is 2.35 bits per heavy atom. The number of aromatic nitrogens is 2. The predicted molar refractivity (Wildman–Crippen MR) is 121 cm³/mol. The van der Waals surface area contributed by atoms with Crippen molar-refractivity contribution in [3.63, 3.8) is 0 Å². The Kier molecular flexibility index (Phi) is 6.77. The molecule has 2 aromatic rings. The molecule has 1 aromatic carbocycles. The van der Waals surface area contributed by atoms with Gasteiger partial charge < -0.3 is 14.7 Å². The number of nitro benzene ring substituents is 1. The van der Waals surface area contributed by atoms with Gasteiger partial charge >= 0.3 is 0 Å². The van der Waals surface area contributed by atoms with Crippen molar-refractivity contribution in [2.75, 3.05) is 54.8 Å². The molecule has 0 spiro atoms. The van der Waals surface area contributed by atoms with Crippen molar-refractivity contribution in [2.45, 2.75) is 18.0 Å². The summed E-state index contributed by atoms with van der Waals surface area (Å²) < 4.78 is 0. The SMILES string of the molecule is O=C(CSc1nc(Cl)cc(N2CCCC2)n1)N1CCN(c2ccc([N+](=O)[O-])cc2)CC1. The third-order valence-electron chi connectivity index (χ3n) is 5.47. The first-order chi connectivity index (χ1) is 15.0. The third-order valence-corrected chi connectivity index (χ3v) is 6.50. The quantitative estimate of drug-likeness (QED) is 0.212. The normalized spacial score (nSPS) is 16.6. The van der Waals surface area contributed by atoms with Crippen LogP contribution in [0.2, 0.25) is 5.15 Å². The van der Waals surface area contributed by atoms with Crippen LogP contribution in [0.1, 0.15) is 12.8 Å². The summed E-state index contributed by atoms with van der Waals surface area (Å²) in [7, 11) is 0. The molecule has 0 bridgehead atoms. The highest BCUT2D eigenvalue weighted by Crippen LogP contribution is 2.25. The van der Waals surface area contributed by atoms with Crippen LogP contribution in [0, 0.1) is 10.1 Å². The van der Waals surface area contributed by atoms with E-state index in [0.29, 0.717) is 36.5 Å². The maximum atomic E-state index is 12.7. The van der Waals surface area contributed by atoms with Crippen LogP contribution in [0.5, 0.6) is 0 Å². The van der Waals surface area contributed by atoms with E-state index >= 15 is 0 Å². The van der Waals surface area contributed by atoms with E-state index in [0.717, 1.165) is 37.4 Å². The summed E-state index contributed by atoms with van der Waals surface area (Å²) in [5.41, 5.74) is 1.000. The number of non-ortho nitro benzene ring substituents is 1. The Bertz CT molecular complexity index is 946. The zero-order chi connectivity index (χ0) is 21.8. The number of carbonyl (C=O) groups is 1. The van der Waals surface area contributed by atoms with Gasteiger partial charge in [0, 0.05) is 63.2 Å². The van der Waals surface area contributed by atoms with Crippen molar-refractivity contribution >= 4 is 46.5 Å². The van der Waals surface area contributed by atoms with E-state index in [4.69, 9.17) is 11.6 Å². The van der Waals surface area contributed by atoms with E-state index in [1.165, 1.54) is 23.9 Å². The summed E-state index contributed by atoms with van der Waals surface area (Å²) in [6, 6.07) is 8.28. The lowest BCUT2D eigenvalue weighted by molar-refractivity contribution is -0.384. The number of amides is 1. The zero-order valence-electron chi connectivity index (χ0n) is 16.9. The lowest BCUT2D eigenvalue weighted by atomic mass is 10.2. The van der Waals surface area contributed by atoms with Gasteiger partial charge in [0.1, 0.15) is 11.0 Å². The molecule has 1 amide bonds. The van der Waals surface area contributed by atoms with Crippen LogP contribution in [-0.2, 0) is 4.79 Å². The molecule has 1 aromatic heterocycles. The summed E-state index contributed by atoms with van der Waals surface area (Å²) >= 11 is 7.47. The first-order valence-electron chi connectivity index (χ1n) is 10.2. The fraction of sp³-hybridized carbons (Fsp3) is 0.450. The minimum Gasteiger partial charge on any atom is -0.368 e. The topological polar surface area (TPSA) is 95.7 Å². The van der Waals surface area contributed by atoms with Crippen LogP contribution in [0.4, 0.5) is 17.2 Å². The number of thioether (sulfide) groups is 1. The maximum absolute atomic E-state index is 12.7. The van der Waals surface area contributed by atoms with Crippen molar-refractivity contribution in [1.82, 2.24) is 14.9 Å². The van der Waals surface area contributed by atoms with Gasteiger partial charge in [-0.25, -0.2) is 9.97 Å². The van der Waals surface area contributed by atoms with Crippen LogP contribution in [0.25, 0.3) is 0 Å². The van der Waals surface area contributed by atoms with Crippen molar-refractivity contribution in [1.29, 1.82) is 0 Å². The van der Waals surface area contributed by atoms with Crippen molar-refractivity contribution in [3.05, 3.63) is 45.6 Å². The second kappa shape index (κ2) is 9.69. The number of hydrogen-bond donors (Lipinski definition) is 0. The van der Waals surface area contributed by atoms with E-state index in [9.17, 15) is 14.9 Å².